The summed E-state index contributed by atoms with van der Waals surface area (Å²) in [6.45, 7) is 6.29. The third-order valence-electron chi connectivity index (χ3n) is 3.81. The van der Waals surface area contributed by atoms with Gasteiger partial charge in [0, 0.05) is 37.7 Å². The van der Waals surface area contributed by atoms with E-state index in [0.717, 1.165) is 25.2 Å². The number of rotatable bonds is 5. The van der Waals surface area contributed by atoms with E-state index in [9.17, 15) is 8.42 Å². The predicted octanol–water partition coefficient (Wildman–Crippen LogP) is 1.39. The Morgan fingerprint density at radius 1 is 1.24 bits per heavy atom. The van der Waals surface area contributed by atoms with Crippen molar-refractivity contribution in [2.45, 2.75) is 18.4 Å². The molecule has 1 saturated heterocycles. The van der Waals surface area contributed by atoms with Crippen LogP contribution in [0.1, 0.15) is 12.5 Å². The highest BCUT2D eigenvalue weighted by Crippen LogP contribution is 2.24. The summed E-state index contributed by atoms with van der Waals surface area (Å²) in [5.74, 6) is 0. The number of piperazine rings is 1. The first-order valence-electron chi connectivity index (χ1n) is 7.14. The molecule has 118 valence electrons. The van der Waals surface area contributed by atoms with Gasteiger partial charge < -0.3 is 10.2 Å². The molecule has 1 N–H and O–H groups in total. The molecule has 5 nitrogen and oxygen atoms in total. The van der Waals surface area contributed by atoms with E-state index < -0.39 is 10.0 Å². The third kappa shape index (κ3) is 3.76. The SMILES string of the molecule is CCN1CCN(S(=O)(=O)c2ccc(CNC)c(Cl)c2)CC1. The molecule has 0 aliphatic carbocycles. The Hall–Kier alpha value is -0.660. The van der Waals surface area contributed by atoms with Crippen LogP contribution in [0.2, 0.25) is 5.02 Å². The summed E-state index contributed by atoms with van der Waals surface area (Å²) in [7, 11) is -1.62. The van der Waals surface area contributed by atoms with Crippen LogP contribution in [0, 0.1) is 0 Å². The lowest BCUT2D eigenvalue weighted by Gasteiger charge is -2.33. The molecule has 0 radical (unpaired) electrons. The molecule has 0 spiro atoms. The summed E-state index contributed by atoms with van der Waals surface area (Å²) >= 11 is 6.17. The van der Waals surface area contributed by atoms with Crippen molar-refractivity contribution >= 4 is 21.6 Å². The van der Waals surface area contributed by atoms with Gasteiger partial charge in [0.15, 0.2) is 0 Å². The van der Waals surface area contributed by atoms with E-state index in [1.54, 1.807) is 22.5 Å². The smallest absolute Gasteiger partial charge is 0.243 e. The Labute approximate surface area is 131 Å². The average Bonchev–Trinajstić information content (AvgIpc) is 2.49. The number of sulfonamides is 1. The molecule has 1 aromatic rings. The lowest BCUT2D eigenvalue weighted by atomic mass is 10.2. The zero-order chi connectivity index (χ0) is 15.5. The molecule has 0 atom stereocenters. The number of nitrogens with zero attached hydrogens (tertiary/aromatic N) is 2. The Kier molecular flexibility index (Phi) is 5.62. The van der Waals surface area contributed by atoms with Crippen LogP contribution in [-0.2, 0) is 16.6 Å². The molecule has 1 fully saturated rings. The topological polar surface area (TPSA) is 52.7 Å². The maximum absolute atomic E-state index is 12.6. The summed E-state index contributed by atoms with van der Waals surface area (Å²) in [6, 6.07) is 4.96. The number of hydrogen-bond acceptors (Lipinski definition) is 4. The molecule has 1 heterocycles. The normalized spacial score (nSPS) is 18.0. The highest BCUT2D eigenvalue weighted by Gasteiger charge is 2.28. The standard InChI is InChI=1S/C14H22ClN3O2S/c1-3-17-6-8-18(9-7-17)21(19,20)13-5-4-12(11-16-2)14(15)10-13/h4-5,10,16H,3,6-9,11H2,1-2H3. The summed E-state index contributed by atoms with van der Waals surface area (Å²) in [4.78, 5) is 2.52. The average molecular weight is 332 g/mol. The van der Waals surface area contributed by atoms with Gasteiger partial charge in [-0.25, -0.2) is 8.42 Å². The van der Waals surface area contributed by atoms with Gasteiger partial charge >= 0.3 is 0 Å². The lowest BCUT2D eigenvalue weighted by Crippen LogP contribution is -2.48. The molecular formula is C14H22ClN3O2S. The fourth-order valence-corrected chi connectivity index (χ4v) is 4.22. The van der Waals surface area contributed by atoms with Gasteiger partial charge in [-0.05, 0) is 31.3 Å². The molecule has 0 bridgehead atoms. The second-order valence-electron chi connectivity index (χ2n) is 5.12. The van der Waals surface area contributed by atoms with Gasteiger partial charge in [-0.1, -0.05) is 24.6 Å². The van der Waals surface area contributed by atoms with Crippen molar-refractivity contribution in [3.8, 4) is 0 Å². The number of benzene rings is 1. The van der Waals surface area contributed by atoms with E-state index in [4.69, 9.17) is 11.6 Å². The minimum atomic E-state index is -3.45. The van der Waals surface area contributed by atoms with Gasteiger partial charge in [0.2, 0.25) is 10.0 Å². The Balaban J connectivity index is 2.18. The molecule has 1 aliphatic rings. The first-order valence-corrected chi connectivity index (χ1v) is 8.96. The van der Waals surface area contributed by atoms with Crippen LogP contribution in [0.15, 0.2) is 23.1 Å². The van der Waals surface area contributed by atoms with Crippen LogP contribution in [-0.4, -0.2) is 57.4 Å². The van der Waals surface area contributed by atoms with E-state index in [1.165, 1.54) is 0 Å². The van der Waals surface area contributed by atoms with Crippen molar-refractivity contribution < 1.29 is 8.42 Å². The van der Waals surface area contributed by atoms with Crippen molar-refractivity contribution in [2.24, 2.45) is 0 Å². The molecule has 0 saturated carbocycles. The van der Waals surface area contributed by atoms with Gasteiger partial charge in [0.25, 0.3) is 0 Å². The quantitative estimate of drug-likeness (QED) is 0.886. The first-order chi connectivity index (χ1) is 9.98. The van der Waals surface area contributed by atoms with Gasteiger partial charge in [0.1, 0.15) is 0 Å². The molecule has 7 heteroatoms. The minimum absolute atomic E-state index is 0.275. The number of hydrogen-bond donors (Lipinski definition) is 1. The van der Waals surface area contributed by atoms with Crippen LogP contribution in [0.3, 0.4) is 0 Å². The van der Waals surface area contributed by atoms with Crippen LogP contribution in [0.5, 0.6) is 0 Å². The Morgan fingerprint density at radius 3 is 2.43 bits per heavy atom. The van der Waals surface area contributed by atoms with Crippen LogP contribution >= 0.6 is 11.6 Å². The van der Waals surface area contributed by atoms with E-state index >= 15 is 0 Å². The fourth-order valence-electron chi connectivity index (χ4n) is 2.46. The summed E-state index contributed by atoms with van der Waals surface area (Å²) in [5, 5.41) is 3.49. The molecular weight excluding hydrogens is 310 g/mol. The summed E-state index contributed by atoms with van der Waals surface area (Å²) < 4.78 is 26.8. The molecule has 2 rings (SSSR count). The fraction of sp³-hybridized carbons (Fsp3) is 0.571. The van der Waals surface area contributed by atoms with Crippen LogP contribution in [0.4, 0.5) is 0 Å². The number of nitrogens with one attached hydrogen (secondary N) is 1. The van der Waals surface area contributed by atoms with Crippen LogP contribution in [0.25, 0.3) is 0 Å². The number of halogens is 1. The zero-order valence-corrected chi connectivity index (χ0v) is 14.0. The highest BCUT2D eigenvalue weighted by molar-refractivity contribution is 7.89. The van der Waals surface area contributed by atoms with E-state index in [2.05, 4.69) is 17.1 Å². The van der Waals surface area contributed by atoms with Gasteiger partial charge in [0.05, 0.1) is 4.90 Å². The molecule has 21 heavy (non-hydrogen) atoms. The molecule has 1 aliphatic heterocycles. The van der Waals surface area contributed by atoms with Crippen molar-refractivity contribution in [2.75, 3.05) is 39.8 Å². The van der Waals surface area contributed by atoms with Gasteiger partial charge in [-0.15, -0.1) is 0 Å². The van der Waals surface area contributed by atoms with Crippen molar-refractivity contribution in [1.29, 1.82) is 0 Å². The highest BCUT2D eigenvalue weighted by atomic mass is 35.5. The Morgan fingerprint density at radius 2 is 1.90 bits per heavy atom. The zero-order valence-electron chi connectivity index (χ0n) is 12.5. The number of likely N-dealkylation sites (N-methyl/N-ethyl adjacent to an activating group) is 1. The molecule has 0 unspecified atom stereocenters. The largest absolute Gasteiger partial charge is 0.316 e. The maximum atomic E-state index is 12.6. The lowest BCUT2D eigenvalue weighted by molar-refractivity contribution is 0.196. The molecule has 0 aromatic heterocycles. The van der Waals surface area contributed by atoms with E-state index in [-0.39, 0.29) is 4.90 Å². The van der Waals surface area contributed by atoms with Crippen molar-refractivity contribution in [3.63, 3.8) is 0 Å². The predicted molar refractivity (Wildman–Crippen MR) is 85.1 cm³/mol. The maximum Gasteiger partial charge on any atom is 0.243 e. The van der Waals surface area contributed by atoms with Crippen molar-refractivity contribution in [3.05, 3.63) is 28.8 Å². The Bertz CT molecular complexity index is 584. The molecule has 1 aromatic carbocycles. The molecule has 0 amide bonds. The van der Waals surface area contributed by atoms with Gasteiger partial charge in [-0.3, -0.25) is 0 Å². The minimum Gasteiger partial charge on any atom is -0.316 e. The van der Waals surface area contributed by atoms with E-state index in [0.29, 0.717) is 24.7 Å². The second-order valence-corrected chi connectivity index (χ2v) is 7.47. The monoisotopic (exact) mass is 331 g/mol. The van der Waals surface area contributed by atoms with Crippen molar-refractivity contribution in [1.82, 2.24) is 14.5 Å². The second kappa shape index (κ2) is 7.07. The third-order valence-corrected chi connectivity index (χ3v) is 6.05. The summed E-state index contributed by atoms with van der Waals surface area (Å²) in [6.07, 6.45) is 0. The first kappa shape index (κ1) is 16.7. The van der Waals surface area contributed by atoms with Crippen LogP contribution < -0.4 is 5.32 Å². The van der Waals surface area contributed by atoms with E-state index in [1.807, 2.05) is 7.05 Å². The van der Waals surface area contributed by atoms with Gasteiger partial charge in [-0.2, -0.15) is 4.31 Å². The summed E-state index contributed by atoms with van der Waals surface area (Å²) in [5.41, 5.74) is 0.897.